The van der Waals surface area contributed by atoms with Gasteiger partial charge in [0.1, 0.15) is 0 Å². The van der Waals surface area contributed by atoms with E-state index in [2.05, 4.69) is 22.9 Å². The van der Waals surface area contributed by atoms with E-state index in [9.17, 15) is 9.59 Å². The summed E-state index contributed by atoms with van der Waals surface area (Å²) in [4.78, 5) is 25.1. The number of thioether (sulfide) groups is 1. The predicted octanol–water partition coefficient (Wildman–Crippen LogP) is 2.27. The van der Waals surface area contributed by atoms with Gasteiger partial charge in [-0.15, -0.1) is 24.2 Å². The molecule has 0 bridgehead atoms. The van der Waals surface area contributed by atoms with E-state index in [1.54, 1.807) is 17.8 Å². The smallest absolute Gasteiger partial charge is 0.251 e. The number of rotatable bonds is 2. The summed E-state index contributed by atoms with van der Waals surface area (Å²) in [5.74, 6) is 1.18. The minimum absolute atomic E-state index is 0. The first kappa shape index (κ1) is 18.1. The molecule has 5 nitrogen and oxygen atoms in total. The van der Waals surface area contributed by atoms with Gasteiger partial charge in [-0.2, -0.15) is 0 Å². The maximum atomic E-state index is 12.5. The van der Waals surface area contributed by atoms with Crippen molar-refractivity contribution in [2.75, 3.05) is 24.2 Å². The summed E-state index contributed by atoms with van der Waals surface area (Å²) in [7, 11) is 0. The van der Waals surface area contributed by atoms with Gasteiger partial charge in [0.25, 0.3) is 5.91 Å². The molecule has 0 saturated carbocycles. The summed E-state index contributed by atoms with van der Waals surface area (Å²) in [6, 6.07) is 5.69. The summed E-state index contributed by atoms with van der Waals surface area (Å²) >= 11 is 1.64. The number of piperidine rings is 1. The van der Waals surface area contributed by atoms with Gasteiger partial charge in [-0.25, -0.2) is 0 Å². The van der Waals surface area contributed by atoms with Gasteiger partial charge in [-0.1, -0.05) is 6.92 Å². The molecule has 126 valence electrons. The van der Waals surface area contributed by atoms with Crippen molar-refractivity contribution in [1.29, 1.82) is 0 Å². The Labute approximate surface area is 146 Å². The van der Waals surface area contributed by atoms with Crippen LogP contribution in [0.5, 0.6) is 0 Å². The maximum absolute atomic E-state index is 12.5. The number of anilines is 1. The zero-order valence-electron chi connectivity index (χ0n) is 13.1. The van der Waals surface area contributed by atoms with E-state index < -0.39 is 0 Å². The third-order valence-corrected chi connectivity index (χ3v) is 5.32. The number of hydrogen-bond donors (Lipinski definition) is 3. The van der Waals surface area contributed by atoms with Crippen LogP contribution in [0.4, 0.5) is 5.69 Å². The monoisotopic (exact) mass is 355 g/mol. The molecule has 2 aliphatic rings. The van der Waals surface area contributed by atoms with Gasteiger partial charge in [-0.05, 0) is 37.1 Å². The highest BCUT2D eigenvalue weighted by Gasteiger charge is 2.23. The predicted molar refractivity (Wildman–Crippen MR) is 95.6 cm³/mol. The van der Waals surface area contributed by atoms with Gasteiger partial charge in [-0.3, -0.25) is 9.59 Å². The Morgan fingerprint density at radius 3 is 3.00 bits per heavy atom. The summed E-state index contributed by atoms with van der Waals surface area (Å²) in [5, 5.41) is 9.29. The van der Waals surface area contributed by atoms with Crippen molar-refractivity contribution in [3.05, 3.63) is 23.8 Å². The molecule has 1 fully saturated rings. The highest BCUT2D eigenvalue weighted by molar-refractivity contribution is 7.99. The second kappa shape index (κ2) is 8.04. The molecule has 1 saturated heterocycles. The minimum Gasteiger partial charge on any atom is -0.348 e. The summed E-state index contributed by atoms with van der Waals surface area (Å²) in [6.07, 6.45) is 1.58. The van der Waals surface area contributed by atoms with Gasteiger partial charge in [0.2, 0.25) is 5.91 Å². The number of benzene rings is 1. The molecule has 1 aromatic carbocycles. The normalized spacial score (nSPS) is 23.8. The topological polar surface area (TPSA) is 70.2 Å². The lowest BCUT2D eigenvalue weighted by atomic mass is 9.94. The van der Waals surface area contributed by atoms with E-state index in [-0.39, 0.29) is 30.3 Å². The molecule has 3 N–H and O–H groups in total. The van der Waals surface area contributed by atoms with E-state index in [1.807, 2.05) is 12.1 Å². The fourth-order valence-electron chi connectivity index (χ4n) is 2.80. The molecule has 2 atom stereocenters. The van der Waals surface area contributed by atoms with Crippen molar-refractivity contribution in [3.63, 3.8) is 0 Å². The fraction of sp³-hybridized carbons (Fsp3) is 0.500. The highest BCUT2D eigenvalue weighted by Crippen LogP contribution is 2.31. The van der Waals surface area contributed by atoms with Crippen LogP contribution < -0.4 is 16.0 Å². The van der Waals surface area contributed by atoms with Gasteiger partial charge < -0.3 is 16.0 Å². The highest BCUT2D eigenvalue weighted by atomic mass is 35.5. The quantitative estimate of drug-likeness (QED) is 0.761. The van der Waals surface area contributed by atoms with Crippen molar-refractivity contribution in [3.8, 4) is 0 Å². The molecule has 2 amide bonds. The molecule has 2 heterocycles. The summed E-state index contributed by atoms with van der Waals surface area (Å²) < 4.78 is 0. The molecule has 0 aromatic heterocycles. The second-order valence-corrected chi connectivity index (χ2v) is 7.04. The Balaban J connectivity index is 0.00000192. The van der Waals surface area contributed by atoms with E-state index in [0.29, 0.717) is 17.9 Å². The van der Waals surface area contributed by atoms with Crippen LogP contribution in [-0.2, 0) is 4.79 Å². The first-order valence-corrected chi connectivity index (χ1v) is 8.70. The zero-order chi connectivity index (χ0) is 15.5. The van der Waals surface area contributed by atoms with Crippen LogP contribution in [0.15, 0.2) is 23.1 Å². The molecule has 1 aromatic rings. The van der Waals surface area contributed by atoms with Crippen LogP contribution in [0.3, 0.4) is 0 Å². The molecule has 0 aliphatic carbocycles. The molecule has 0 spiro atoms. The average molecular weight is 356 g/mol. The molecular weight excluding hydrogens is 334 g/mol. The third-order valence-electron chi connectivity index (χ3n) is 4.25. The number of carbonyl (C=O) groups is 2. The number of amides is 2. The Morgan fingerprint density at radius 2 is 2.22 bits per heavy atom. The number of fused-ring (bicyclic) bond motifs is 1. The maximum Gasteiger partial charge on any atom is 0.251 e. The van der Waals surface area contributed by atoms with Gasteiger partial charge >= 0.3 is 0 Å². The summed E-state index contributed by atoms with van der Waals surface area (Å²) in [6.45, 7) is 3.99. The number of halogens is 1. The van der Waals surface area contributed by atoms with Crippen LogP contribution in [-0.4, -0.2) is 36.7 Å². The molecule has 2 unspecified atom stereocenters. The molecule has 23 heavy (non-hydrogen) atoms. The molecular formula is C16H22ClN3O2S. The van der Waals surface area contributed by atoms with Gasteiger partial charge in [0.05, 0.1) is 5.69 Å². The van der Waals surface area contributed by atoms with Crippen molar-refractivity contribution >= 4 is 41.7 Å². The van der Waals surface area contributed by atoms with Crippen molar-refractivity contribution < 1.29 is 9.59 Å². The Morgan fingerprint density at radius 1 is 1.39 bits per heavy atom. The number of carbonyl (C=O) groups excluding carboxylic acids is 2. The fourth-order valence-corrected chi connectivity index (χ4v) is 3.73. The number of hydrogen-bond acceptors (Lipinski definition) is 4. The SMILES string of the molecule is CC1CCNCC1NC(=O)c1ccc2c(c1)NC(=O)CCS2.Cl. The first-order chi connectivity index (χ1) is 10.6. The van der Waals surface area contributed by atoms with Crippen molar-refractivity contribution in [2.45, 2.75) is 30.7 Å². The first-order valence-electron chi connectivity index (χ1n) is 7.72. The lowest BCUT2D eigenvalue weighted by Crippen LogP contribution is -2.50. The largest absolute Gasteiger partial charge is 0.348 e. The van der Waals surface area contributed by atoms with Crippen LogP contribution in [0.2, 0.25) is 0 Å². The van der Waals surface area contributed by atoms with E-state index in [1.165, 1.54) is 0 Å². The van der Waals surface area contributed by atoms with Gasteiger partial charge in [0.15, 0.2) is 0 Å². The van der Waals surface area contributed by atoms with Crippen molar-refractivity contribution in [1.82, 2.24) is 10.6 Å². The zero-order valence-corrected chi connectivity index (χ0v) is 14.7. The number of nitrogens with one attached hydrogen (secondary N) is 3. The van der Waals surface area contributed by atoms with Crippen LogP contribution >= 0.6 is 24.2 Å². The molecule has 3 rings (SSSR count). The Kier molecular flexibility index (Phi) is 6.33. The van der Waals surface area contributed by atoms with E-state index in [0.717, 1.165) is 35.8 Å². The lowest BCUT2D eigenvalue weighted by molar-refractivity contribution is -0.115. The Bertz CT molecular complexity index is 597. The molecule has 7 heteroatoms. The lowest BCUT2D eigenvalue weighted by Gasteiger charge is -2.30. The van der Waals surface area contributed by atoms with E-state index in [4.69, 9.17) is 0 Å². The average Bonchev–Trinajstić information content (AvgIpc) is 2.69. The van der Waals surface area contributed by atoms with Crippen LogP contribution in [0, 0.1) is 5.92 Å². The molecule has 0 radical (unpaired) electrons. The van der Waals surface area contributed by atoms with Crippen LogP contribution in [0.25, 0.3) is 0 Å². The minimum atomic E-state index is -0.0770. The van der Waals surface area contributed by atoms with Gasteiger partial charge in [0, 0.05) is 35.2 Å². The van der Waals surface area contributed by atoms with E-state index >= 15 is 0 Å². The second-order valence-electron chi connectivity index (χ2n) is 5.91. The third kappa shape index (κ3) is 4.40. The summed E-state index contributed by atoms with van der Waals surface area (Å²) in [5.41, 5.74) is 1.34. The van der Waals surface area contributed by atoms with Crippen molar-refractivity contribution in [2.24, 2.45) is 5.92 Å². The van der Waals surface area contributed by atoms with Crippen LogP contribution in [0.1, 0.15) is 30.1 Å². The standard InChI is InChI=1S/C16H21N3O2S.ClH/c1-10-4-6-17-9-13(10)19-16(21)11-2-3-14-12(8-11)18-15(20)5-7-22-14;/h2-3,8,10,13,17H,4-7,9H2,1H3,(H,18,20)(H,19,21);1H. The molecule has 2 aliphatic heterocycles. The Hall–Kier alpha value is -1.24.